The molecule has 0 aliphatic carbocycles. The van der Waals surface area contributed by atoms with Crippen molar-refractivity contribution in [3.8, 4) is 6.07 Å². The zero-order valence-electron chi connectivity index (χ0n) is 9.70. The maximum absolute atomic E-state index is 12.4. The van der Waals surface area contributed by atoms with Gasteiger partial charge < -0.3 is 5.11 Å². The van der Waals surface area contributed by atoms with Crippen molar-refractivity contribution in [1.29, 1.82) is 5.26 Å². The minimum absolute atomic E-state index is 0.375. The lowest BCUT2D eigenvalue weighted by Gasteiger charge is -2.20. The predicted molar refractivity (Wildman–Crippen MR) is 60.8 cm³/mol. The number of halogens is 2. The van der Waals surface area contributed by atoms with Crippen LogP contribution in [0.2, 0.25) is 0 Å². The molecule has 6 nitrogen and oxygen atoms in total. The first-order chi connectivity index (χ1) is 8.93. The third-order valence-electron chi connectivity index (χ3n) is 2.19. The second kappa shape index (κ2) is 6.51. The van der Waals surface area contributed by atoms with Gasteiger partial charge in [-0.15, -0.1) is 0 Å². The Bertz CT molecular complexity index is 572. The molecule has 104 valence electrons. The summed E-state index contributed by atoms with van der Waals surface area (Å²) in [7, 11) is -4.29. The van der Waals surface area contributed by atoms with Crippen LogP contribution >= 0.6 is 0 Å². The molecule has 9 heteroatoms. The van der Waals surface area contributed by atoms with Crippen molar-refractivity contribution in [2.45, 2.75) is 11.3 Å². The van der Waals surface area contributed by atoms with E-state index >= 15 is 0 Å². The highest BCUT2D eigenvalue weighted by Gasteiger charge is 2.29. The van der Waals surface area contributed by atoms with Crippen molar-refractivity contribution in [3.63, 3.8) is 0 Å². The van der Waals surface area contributed by atoms with E-state index in [9.17, 15) is 17.2 Å². The molecule has 0 saturated carbocycles. The number of hydrogen-bond acceptors (Lipinski definition) is 5. The van der Waals surface area contributed by atoms with Crippen LogP contribution in [0.5, 0.6) is 0 Å². The van der Waals surface area contributed by atoms with E-state index in [2.05, 4.69) is 4.98 Å². The number of aliphatic hydroxyl groups is 1. The fourth-order valence-corrected chi connectivity index (χ4v) is 2.90. The largest absolute Gasteiger partial charge is 0.395 e. The summed E-state index contributed by atoms with van der Waals surface area (Å²) >= 11 is 0. The van der Waals surface area contributed by atoms with Gasteiger partial charge in [-0.3, -0.25) is 0 Å². The highest BCUT2D eigenvalue weighted by molar-refractivity contribution is 7.89. The summed E-state index contributed by atoms with van der Waals surface area (Å²) in [6, 6.07) is 3.98. The lowest BCUT2D eigenvalue weighted by molar-refractivity contribution is 0.113. The second-order valence-corrected chi connectivity index (χ2v) is 5.35. The van der Waals surface area contributed by atoms with Crippen LogP contribution in [0.3, 0.4) is 0 Å². The van der Waals surface area contributed by atoms with Crippen LogP contribution in [0.15, 0.2) is 23.2 Å². The van der Waals surface area contributed by atoms with Crippen LogP contribution in [0.1, 0.15) is 5.69 Å². The number of hydrogen-bond donors (Lipinski definition) is 1. The van der Waals surface area contributed by atoms with E-state index in [0.29, 0.717) is 4.31 Å². The van der Waals surface area contributed by atoms with Crippen molar-refractivity contribution in [1.82, 2.24) is 9.29 Å². The Balaban J connectivity index is 3.23. The van der Waals surface area contributed by atoms with Crippen molar-refractivity contribution in [3.05, 3.63) is 24.0 Å². The molecule has 0 aliphatic rings. The molecule has 1 aromatic rings. The van der Waals surface area contributed by atoms with Crippen molar-refractivity contribution >= 4 is 10.0 Å². The van der Waals surface area contributed by atoms with E-state index in [4.69, 9.17) is 10.4 Å². The van der Waals surface area contributed by atoms with Gasteiger partial charge in [0.1, 0.15) is 11.0 Å². The summed E-state index contributed by atoms with van der Waals surface area (Å²) in [5, 5.41) is 17.5. The Morgan fingerprint density at radius 1 is 1.53 bits per heavy atom. The smallest absolute Gasteiger partial charge is 0.252 e. The van der Waals surface area contributed by atoms with E-state index in [1.54, 1.807) is 6.07 Å². The van der Waals surface area contributed by atoms with Crippen molar-refractivity contribution in [2.75, 3.05) is 19.7 Å². The molecule has 0 spiro atoms. The topological polar surface area (TPSA) is 94.3 Å². The molecule has 0 aromatic carbocycles. The maximum atomic E-state index is 12.4. The minimum Gasteiger partial charge on any atom is -0.395 e. The fourth-order valence-electron chi connectivity index (χ4n) is 1.40. The predicted octanol–water partition coefficient (Wildman–Crippen LogP) is 0.201. The van der Waals surface area contributed by atoms with Gasteiger partial charge in [0.2, 0.25) is 10.0 Å². The molecule has 0 aliphatic heterocycles. The highest BCUT2D eigenvalue weighted by atomic mass is 32.2. The fraction of sp³-hybridized carbons (Fsp3) is 0.400. The molecule has 1 aromatic heterocycles. The average Bonchev–Trinajstić information content (AvgIpc) is 2.37. The van der Waals surface area contributed by atoms with Crippen LogP contribution in [0, 0.1) is 11.3 Å². The molecule has 1 rings (SSSR count). The van der Waals surface area contributed by atoms with Crippen LogP contribution in [-0.4, -0.2) is 48.9 Å². The average molecular weight is 291 g/mol. The van der Waals surface area contributed by atoms with E-state index in [-0.39, 0.29) is 5.69 Å². The summed E-state index contributed by atoms with van der Waals surface area (Å²) in [5.41, 5.74) is -0.375. The number of aromatic nitrogens is 1. The molecule has 0 radical (unpaired) electrons. The second-order valence-electron chi connectivity index (χ2n) is 3.44. The summed E-state index contributed by atoms with van der Waals surface area (Å²) in [6.45, 7) is -2.14. The standard InChI is InChI=1S/C10H11F2N3O3S/c11-10(12)7-15(4-5-16)19(17,18)9-2-1-3-14-8(9)6-13/h1-3,10,16H,4-5,7H2. The van der Waals surface area contributed by atoms with Gasteiger partial charge in [-0.2, -0.15) is 9.57 Å². The monoisotopic (exact) mass is 291 g/mol. The summed E-state index contributed by atoms with van der Waals surface area (Å²) in [5.74, 6) is 0. The van der Waals surface area contributed by atoms with Gasteiger partial charge in [-0.25, -0.2) is 22.2 Å². The minimum atomic E-state index is -4.29. The third kappa shape index (κ3) is 3.66. The first-order valence-electron chi connectivity index (χ1n) is 5.17. The third-order valence-corrected chi connectivity index (χ3v) is 4.08. The number of nitriles is 1. The van der Waals surface area contributed by atoms with E-state index in [1.165, 1.54) is 12.3 Å². The summed E-state index contributed by atoms with van der Waals surface area (Å²) in [6.07, 6.45) is -1.66. The molecule has 19 heavy (non-hydrogen) atoms. The lowest BCUT2D eigenvalue weighted by Crippen LogP contribution is -2.37. The lowest BCUT2D eigenvalue weighted by atomic mass is 10.4. The number of pyridine rings is 1. The molecular weight excluding hydrogens is 280 g/mol. The van der Waals surface area contributed by atoms with Gasteiger partial charge in [0.15, 0.2) is 5.69 Å². The summed E-state index contributed by atoms with van der Waals surface area (Å²) in [4.78, 5) is 3.12. The van der Waals surface area contributed by atoms with E-state index in [0.717, 1.165) is 6.07 Å². The van der Waals surface area contributed by atoms with Crippen molar-refractivity contribution in [2.24, 2.45) is 0 Å². The van der Waals surface area contributed by atoms with Gasteiger partial charge in [-0.1, -0.05) is 0 Å². The van der Waals surface area contributed by atoms with Crippen LogP contribution in [0.4, 0.5) is 8.78 Å². The first-order valence-corrected chi connectivity index (χ1v) is 6.61. The number of nitrogens with zero attached hydrogens (tertiary/aromatic N) is 3. The van der Waals surface area contributed by atoms with Gasteiger partial charge in [0.25, 0.3) is 6.43 Å². The van der Waals surface area contributed by atoms with Gasteiger partial charge in [0.05, 0.1) is 13.2 Å². The number of alkyl halides is 2. The Morgan fingerprint density at radius 2 is 2.21 bits per heavy atom. The Labute approximate surface area is 109 Å². The van der Waals surface area contributed by atoms with Gasteiger partial charge in [0, 0.05) is 12.7 Å². The Hall–Kier alpha value is -1.63. The van der Waals surface area contributed by atoms with E-state index in [1.807, 2.05) is 0 Å². The molecule has 1 N–H and O–H groups in total. The molecular formula is C10H11F2N3O3S. The molecule has 0 atom stereocenters. The molecule has 0 saturated heterocycles. The summed E-state index contributed by atoms with van der Waals surface area (Å²) < 4.78 is 49.4. The first kappa shape index (κ1) is 15.4. The molecule has 0 amide bonds. The van der Waals surface area contributed by atoms with Gasteiger partial charge in [-0.05, 0) is 12.1 Å². The van der Waals surface area contributed by atoms with Crippen molar-refractivity contribution < 1.29 is 22.3 Å². The maximum Gasteiger partial charge on any atom is 0.252 e. The number of rotatable bonds is 6. The Kier molecular flexibility index (Phi) is 5.29. The van der Waals surface area contributed by atoms with Crippen LogP contribution in [0.25, 0.3) is 0 Å². The Morgan fingerprint density at radius 3 is 2.74 bits per heavy atom. The quantitative estimate of drug-likeness (QED) is 0.808. The van der Waals surface area contributed by atoms with E-state index < -0.39 is 41.0 Å². The normalized spacial score (nSPS) is 11.8. The molecule has 0 unspecified atom stereocenters. The SMILES string of the molecule is N#Cc1ncccc1S(=O)(=O)N(CCO)CC(F)F. The zero-order valence-corrected chi connectivity index (χ0v) is 10.5. The number of sulfonamides is 1. The van der Waals surface area contributed by atoms with Gasteiger partial charge >= 0.3 is 0 Å². The van der Waals surface area contributed by atoms with Crippen LogP contribution < -0.4 is 0 Å². The molecule has 1 heterocycles. The molecule has 0 bridgehead atoms. The molecule has 0 fully saturated rings. The zero-order chi connectivity index (χ0) is 14.5. The number of aliphatic hydroxyl groups excluding tert-OH is 1. The highest BCUT2D eigenvalue weighted by Crippen LogP contribution is 2.18. The van der Waals surface area contributed by atoms with Crippen LogP contribution in [-0.2, 0) is 10.0 Å².